The second-order valence-corrected chi connectivity index (χ2v) is 26.3. The van der Waals surface area contributed by atoms with Crippen LogP contribution in [0.15, 0.2) is 24.3 Å². The maximum atomic E-state index is 12.6. The topological polar surface area (TPSA) is 95.9 Å². The summed E-state index contributed by atoms with van der Waals surface area (Å²) < 4.78 is 5.48. The summed E-state index contributed by atoms with van der Waals surface area (Å²) >= 11 is 0. The SMILES string of the molecule is CCC/C=C\C/C=C\CCCCCCCC(=O)OCCCCCCCCCCCCCCCCCCCCCCCCCCCCCCCCCCCC(=O)NC(CO)C(O)CCCCCCCCCCCCCCCCCCCCCC. The smallest absolute Gasteiger partial charge is 0.305 e. The summed E-state index contributed by atoms with van der Waals surface area (Å²) in [7, 11) is 0. The summed E-state index contributed by atoms with van der Waals surface area (Å²) in [6.45, 7) is 4.93. The molecule has 0 heterocycles. The average molecular weight is 1170 g/mol. The van der Waals surface area contributed by atoms with Crippen molar-refractivity contribution in [3.05, 3.63) is 24.3 Å². The van der Waals surface area contributed by atoms with Gasteiger partial charge in [-0.1, -0.05) is 391 Å². The van der Waals surface area contributed by atoms with Gasteiger partial charge in [-0.3, -0.25) is 9.59 Å². The Labute approximate surface area is 520 Å². The molecule has 0 aliphatic carbocycles. The predicted molar refractivity (Wildman–Crippen MR) is 366 cm³/mol. The van der Waals surface area contributed by atoms with E-state index in [1.165, 1.54) is 347 Å². The van der Waals surface area contributed by atoms with Gasteiger partial charge in [-0.2, -0.15) is 0 Å². The van der Waals surface area contributed by atoms with E-state index in [0.29, 0.717) is 25.9 Å². The Morgan fingerprint density at radius 1 is 0.337 bits per heavy atom. The molecule has 0 aromatic carbocycles. The first-order valence-corrected chi connectivity index (χ1v) is 38.1. The number of unbranched alkanes of at least 4 members (excludes halogenated alkanes) is 57. The molecule has 0 radical (unpaired) electrons. The molecule has 83 heavy (non-hydrogen) atoms. The van der Waals surface area contributed by atoms with Gasteiger partial charge in [0.05, 0.1) is 25.4 Å². The number of amides is 1. The number of hydrogen-bond acceptors (Lipinski definition) is 5. The minimum absolute atomic E-state index is 0.00702. The lowest BCUT2D eigenvalue weighted by atomic mass is 10.0. The molecule has 2 atom stereocenters. The van der Waals surface area contributed by atoms with E-state index in [4.69, 9.17) is 4.74 Å². The van der Waals surface area contributed by atoms with Crippen molar-refractivity contribution in [3.8, 4) is 0 Å². The molecule has 0 saturated heterocycles. The molecule has 0 aliphatic rings. The molecule has 0 bridgehead atoms. The minimum Gasteiger partial charge on any atom is -0.466 e. The Hall–Kier alpha value is -1.66. The second-order valence-electron chi connectivity index (χ2n) is 26.3. The van der Waals surface area contributed by atoms with Crippen molar-refractivity contribution in [2.75, 3.05) is 13.2 Å². The second kappa shape index (κ2) is 72.8. The fourth-order valence-corrected chi connectivity index (χ4v) is 12.2. The number of rotatable bonds is 72. The third-order valence-electron chi connectivity index (χ3n) is 18.0. The van der Waals surface area contributed by atoms with Gasteiger partial charge >= 0.3 is 5.97 Å². The first-order valence-electron chi connectivity index (χ1n) is 38.1. The van der Waals surface area contributed by atoms with Crippen LogP contribution >= 0.6 is 0 Å². The highest BCUT2D eigenvalue weighted by molar-refractivity contribution is 5.76. The average Bonchev–Trinajstić information content (AvgIpc) is 3.49. The van der Waals surface area contributed by atoms with Gasteiger partial charge in [0.2, 0.25) is 5.91 Å². The van der Waals surface area contributed by atoms with E-state index in [9.17, 15) is 19.8 Å². The zero-order valence-electron chi connectivity index (χ0n) is 56.5. The molecule has 2 unspecified atom stereocenters. The number of nitrogens with one attached hydrogen (secondary N) is 1. The number of ether oxygens (including phenoxy) is 1. The molecule has 6 heteroatoms. The molecule has 492 valence electrons. The lowest BCUT2D eigenvalue weighted by Crippen LogP contribution is -2.45. The van der Waals surface area contributed by atoms with Crippen LogP contribution in [0.1, 0.15) is 431 Å². The zero-order chi connectivity index (χ0) is 59.9. The Kier molecular flexibility index (Phi) is 71.4. The van der Waals surface area contributed by atoms with Crippen molar-refractivity contribution >= 4 is 11.9 Å². The molecule has 0 spiro atoms. The third-order valence-corrected chi connectivity index (χ3v) is 18.0. The maximum absolute atomic E-state index is 12.6. The number of allylic oxidation sites excluding steroid dienone is 4. The van der Waals surface area contributed by atoms with Crippen molar-refractivity contribution in [2.45, 2.75) is 443 Å². The Morgan fingerprint density at radius 2 is 0.627 bits per heavy atom. The van der Waals surface area contributed by atoms with Gasteiger partial charge in [-0.15, -0.1) is 0 Å². The summed E-state index contributed by atoms with van der Waals surface area (Å²) in [5.41, 5.74) is 0. The van der Waals surface area contributed by atoms with Crippen molar-refractivity contribution in [3.63, 3.8) is 0 Å². The standard InChI is InChI=1S/C77H149NO5/c1-3-5-7-9-11-13-15-17-18-19-20-36-39-42-46-49-53-57-61-65-69-75(80)74(73-79)78-76(81)70-66-62-58-54-50-47-43-40-37-34-32-30-28-26-24-22-21-23-25-27-29-31-33-35-38-41-44-48-52-56-60-64-68-72-83-77(82)71-67-63-59-55-51-45-16-14-12-10-8-6-4-2/h8,10,14,16,74-75,79-80H,3-7,9,11-13,15,17-73H2,1-2H3,(H,78,81)/b10-8-,16-14-. The van der Waals surface area contributed by atoms with Crippen LogP contribution in [0.4, 0.5) is 0 Å². The van der Waals surface area contributed by atoms with Crippen molar-refractivity contribution in [1.82, 2.24) is 5.32 Å². The van der Waals surface area contributed by atoms with E-state index in [1.807, 2.05) is 0 Å². The normalized spacial score (nSPS) is 12.6. The minimum atomic E-state index is -0.661. The van der Waals surface area contributed by atoms with E-state index in [-0.39, 0.29) is 18.5 Å². The summed E-state index contributed by atoms with van der Waals surface area (Å²) in [5, 5.41) is 23.4. The summed E-state index contributed by atoms with van der Waals surface area (Å²) in [6, 6.07) is -0.538. The monoisotopic (exact) mass is 1170 g/mol. The highest BCUT2D eigenvalue weighted by Gasteiger charge is 2.20. The number of hydrogen-bond donors (Lipinski definition) is 3. The molecule has 0 rings (SSSR count). The largest absolute Gasteiger partial charge is 0.466 e. The summed E-state index contributed by atoms with van der Waals surface area (Å²) in [5.74, 6) is -0.0183. The van der Waals surface area contributed by atoms with Gasteiger partial charge in [-0.25, -0.2) is 0 Å². The lowest BCUT2D eigenvalue weighted by Gasteiger charge is -2.22. The molecule has 1 amide bonds. The quantitative estimate of drug-likeness (QED) is 0.0320. The van der Waals surface area contributed by atoms with Gasteiger partial charge in [-0.05, 0) is 51.4 Å². The fraction of sp³-hybridized carbons (Fsp3) is 0.922. The van der Waals surface area contributed by atoms with Gasteiger partial charge in [0, 0.05) is 12.8 Å². The van der Waals surface area contributed by atoms with Crippen LogP contribution in [0.3, 0.4) is 0 Å². The number of carbonyl (C=O) groups is 2. The third kappa shape index (κ3) is 69.3. The molecule has 0 aliphatic heterocycles. The van der Waals surface area contributed by atoms with Crippen LogP contribution in [-0.4, -0.2) is 47.4 Å². The number of aliphatic hydroxyl groups excluding tert-OH is 2. The molecule has 0 saturated carbocycles. The number of carbonyl (C=O) groups excluding carboxylic acids is 2. The molecule has 0 aromatic heterocycles. The van der Waals surface area contributed by atoms with E-state index in [0.717, 1.165) is 51.4 Å². The lowest BCUT2D eigenvalue weighted by molar-refractivity contribution is -0.143. The molecule has 0 fully saturated rings. The van der Waals surface area contributed by atoms with E-state index in [2.05, 4.69) is 43.5 Å². The Balaban J connectivity index is 3.32. The number of esters is 1. The Morgan fingerprint density at radius 3 is 0.964 bits per heavy atom. The predicted octanol–water partition coefficient (Wildman–Crippen LogP) is 24.9. The van der Waals surface area contributed by atoms with Gasteiger partial charge in [0.15, 0.2) is 0 Å². The van der Waals surface area contributed by atoms with Crippen LogP contribution in [0.25, 0.3) is 0 Å². The molecular formula is C77H149NO5. The van der Waals surface area contributed by atoms with Crippen LogP contribution < -0.4 is 5.32 Å². The van der Waals surface area contributed by atoms with Gasteiger partial charge in [0.25, 0.3) is 0 Å². The summed E-state index contributed by atoms with van der Waals surface area (Å²) in [4.78, 5) is 24.6. The number of aliphatic hydroxyl groups is 2. The molecule has 0 aromatic rings. The first-order chi connectivity index (χ1) is 41.0. The first kappa shape index (κ1) is 81.3. The van der Waals surface area contributed by atoms with Crippen LogP contribution in [0.5, 0.6) is 0 Å². The highest BCUT2D eigenvalue weighted by atomic mass is 16.5. The molecule has 3 N–H and O–H groups in total. The van der Waals surface area contributed by atoms with Crippen molar-refractivity contribution in [2.24, 2.45) is 0 Å². The summed E-state index contributed by atoms with van der Waals surface area (Å²) in [6.07, 6.45) is 92.6. The van der Waals surface area contributed by atoms with E-state index < -0.39 is 12.1 Å². The van der Waals surface area contributed by atoms with Crippen molar-refractivity contribution < 1.29 is 24.5 Å². The molecular weight excluding hydrogens is 1020 g/mol. The van der Waals surface area contributed by atoms with E-state index in [1.54, 1.807) is 0 Å². The molecule has 6 nitrogen and oxygen atoms in total. The van der Waals surface area contributed by atoms with Gasteiger partial charge in [0.1, 0.15) is 0 Å². The van der Waals surface area contributed by atoms with Crippen LogP contribution in [0.2, 0.25) is 0 Å². The van der Waals surface area contributed by atoms with Crippen LogP contribution in [-0.2, 0) is 14.3 Å². The van der Waals surface area contributed by atoms with Crippen LogP contribution in [0, 0.1) is 0 Å². The Bertz CT molecular complexity index is 1300. The van der Waals surface area contributed by atoms with Crippen molar-refractivity contribution in [1.29, 1.82) is 0 Å². The highest BCUT2D eigenvalue weighted by Crippen LogP contribution is 2.20. The zero-order valence-corrected chi connectivity index (χ0v) is 56.5. The van der Waals surface area contributed by atoms with Gasteiger partial charge < -0.3 is 20.3 Å². The maximum Gasteiger partial charge on any atom is 0.305 e. The van der Waals surface area contributed by atoms with E-state index >= 15 is 0 Å². The fourth-order valence-electron chi connectivity index (χ4n) is 12.2.